The lowest BCUT2D eigenvalue weighted by Crippen LogP contribution is -2.31. The summed E-state index contributed by atoms with van der Waals surface area (Å²) < 4.78 is 0. The van der Waals surface area contributed by atoms with Crippen LogP contribution in [0.5, 0.6) is 0 Å². The van der Waals surface area contributed by atoms with Crippen molar-refractivity contribution < 1.29 is 5.11 Å². The van der Waals surface area contributed by atoms with Crippen molar-refractivity contribution in [1.29, 1.82) is 0 Å². The molecule has 2 aliphatic carbocycles. The van der Waals surface area contributed by atoms with Gasteiger partial charge in [-0.05, 0) is 200 Å². The third-order valence-corrected chi connectivity index (χ3v) is 23.3. The number of anilines is 6. The number of nitrogens with zero attached hydrogens (tertiary/aromatic N) is 2. The van der Waals surface area contributed by atoms with Crippen LogP contribution in [-0.2, 0) is 32.7 Å². The summed E-state index contributed by atoms with van der Waals surface area (Å²) in [5, 5.41) is 27.6. The molecule has 0 bridgehead atoms. The van der Waals surface area contributed by atoms with Gasteiger partial charge in [-0.15, -0.1) is 0 Å². The van der Waals surface area contributed by atoms with E-state index in [1.807, 2.05) is 0 Å². The molecule has 0 saturated heterocycles. The summed E-state index contributed by atoms with van der Waals surface area (Å²) in [5.74, 6) is 0. The summed E-state index contributed by atoms with van der Waals surface area (Å²) in [5.41, 5.74) is 19.4. The molecule has 0 radical (unpaired) electrons. The summed E-state index contributed by atoms with van der Waals surface area (Å²) in [7, 11) is 0. The summed E-state index contributed by atoms with van der Waals surface area (Å²) in [4.78, 5) is 4.85. The van der Waals surface area contributed by atoms with Gasteiger partial charge in [0.25, 0.3) is 0 Å². The standard InChI is InChI=1S/C47H45N.C26H28O.C21H19N/c1-45(2,3)35-29-32-18-17-31-20-26-38(37-25-19-33(30-35)43(32)44(31)37)47(27-11-6-12-28-47)34-21-23-36(24-22-34)48-41-15-9-7-13-39(41)46(4,5)40-14-8-10-16-42(40)48;1-25(2,3)20-15-18-8-7-17-10-12-22(26(27)13-5-4-6-14-26)21-11-9-19(16-20)23(18)24(17)21;1-21(2)17-12-6-8-14-19(17)22(16-10-4-3-5-11-16)20-15-9-7-13-18(20)21/h7-10,13-26,29-30H,6,11-12,27-28H2,1-5H3;7-12,15-16,27H,4-6,13-14H2,1-3H3;3-15H,1-2H3. The Morgan fingerprint density at radius 2 is 0.629 bits per heavy atom. The zero-order valence-electron chi connectivity index (χ0n) is 58.6. The number of hydrogen-bond donors (Lipinski definition) is 1. The lowest BCUT2D eigenvalue weighted by molar-refractivity contribution is 0.000778. The molecule has 4 aliphatic rings. The third kappa shape index (κ3) is 10.4. The molecule has 0 aromatic heterocycles. The Kier molecular flexibility index (Phi) is 15.1. The molecule has 18 rings (SSSR count). The first-order chi connectivity index (χ1) is 46.7. The molecule has 0 unspecified atom stereocenters. The molecule has 0 atom stereocenters. The highest BCUT2D eigenvalue weighted by molar-refractivity contribution is 6.25. The van der Waals surface area contributed by atoms with Crippen LogP contribution in [0.2, 0.25) is 0 Å². The first-order valence-corrected chi connectivity index (χ1v) is 36.0. The fourth-order valence-corrected chi connectivity index (χ4v) is 18.0. The molecular weight excluding hydrogens is 1170 g/mol. The normalized spacial score (nSPS) is 16.9. The Labute approximate surface area is 575 Å². The van der Waals surface area contributed by atoms with Gasteiger partial charge in [-0.2, -0.15) is 0 Å². The van der Waals surface area contributed by atoms with E-state index in [1.165, 1.54) is 182 Å². The van der Waals surface area contributed by atoms with Crippen molar-refractivity contribution in [3.63, 3.8) is 0 Å². The van der Waals surface area contributed by atoms with Crippen LogP contribution in [0, 0.1) is 0 Å². The van der Waals surface area contributed by atoms with E-state index >= 15 is 0 Å². The summed E-state index contributed by atoms with van der Waals surface area (Å²) in [6, 6.07) is 93.0. The third-order valence-electron chi connectivity index (χ3n) is 23.3. The Balaban J connectivity index is 0.000000126. The van der Waals surface area contributed by atoms with Gasteiger partial charge >= 0.3 is 0 Å². The van der Waals surface area contributed by atoms with E-state index < -0.39 is 5.60 Å². The molecule has 2 saturated carbocycles. The molecule has 3 heteroatoms. The minimum atomic E-state index is -0.670. The molecule has 0 spiro atoms. The topological polar surface area (TPSA) is 26.7 Å². The summed E-state index contributed by atoms with van der Waals surface area (Å²) >= 11 is 0. The predicted molar refractivity (Wildman–Crippen MR) is 415 cm³/mol. The largest absolute Gasteiger partial charge is 0.385 e. The van der Waals surface area contributed by atoms with Gasteiger partial charge in [0, 0.05) is 27.6 Å². The maximum atomic E-state index is 11.4. The Bertz CT molecular complexity index is 5140. The van der Waals surface area contributed by atoms with Crippen molar-refractivity contribution in [1.82, 2.24) is 0 Å². The average Bonchev–Trinajstić information content (AvgIpc) is 0.734. The highest BCUT2D eigenvalue weighted by atomic mass is 16.3. The van der Waals surface area contributed by atoms with E-state index in [-0.39, 0.29) is 27.1 Å². The number of benzene rings is 14. The van der Waals surface area contributed by atoms with Gasteiger partial charge in [0.05, 0.1) is 28.4 Å². The smallest absolute Gasteiger partial charge is 0.0902 e. The number of fused-ring (bicyclic) bond motifs is 4. The zero-order chi connectivity index (χ0) is 66.8. The van der Waals surface area contributed by atoms with Crippen LogP contribution in [-0.4, -0.2) is 5.11 Å². The molecular formula is C94H92N2O. The molecule has 2 heterocycles. The molecule has 97 heavy (non-hydrogen) atoms. The van der Waals surface area contributed by atoms with Crippen LogP contribution in [0.4, 0.5) is 34.1 Å². The summed E-state index contributed by atoms with van der Waals surface area (Å²) in [6.45, 7) is 23.1. The molecule has 1 N–H and O–H groups in total. The Morgan fingerprint density at radius 3 is 1.04 bits per heavy atom. The van der Waals surface area contributed by atoms with Gasteiger partial charge in [-0.1, -0.05) is 308 Å². The van der Waals surface area contributed by atoms with Crippen LogP contribution in [0.1, 0.15) is 184 Å². The monoisotopic (exact) mass is 1260 g/mol. The van der Waals surface area contributed by atoms with Gasteiger partial charge in [0.15, 0.2) is 0 Å². The molecule has 2 aliphatic heterocycles. The maximum Gasteiger partial charge on any atom is 0.0902 e. The molecule has 14 aromatic carbocycles. The SMILES string of the molecule is CC(C)(C)c1cc2ccc3ccc(C4(O)CCCCC4)c4ccc(c1)c2c34.CC(C)(C)c1cc2ccc3ccc(C4(c5ccc(N6c7ccccc7C(C)(C)c7ccccc76)cc5)CCCCC4)c4ccc(c1)c2c34.CC1(C)c2ccccc2N(c2ccccc2)c2ccccc21. The van der Waals surface area contributed by atoms with E-state index in [2.05, 4.69) is 328 Å². The van der Waals surface area contributed by atoms with E-state index in [1.54, 1.807) is 0 Å². The number of aliphatic hydroxyl groups is 1. The van der Waals surface area contributed by atoms with Crippen LogP contribution in [0.15, 0.2) is 249 Å². The predicted octanol–water partition coefficient (Wildman–Crippen LogP) is 26.1. The first-order valence-electron chi connectivity index (χ1n) is 36.0. The van der Waals surface area contributed by atoms with Crippen LogP contribution < -0.4 is 9.80 Å². The fraction of sp³-hybridized carbons (Fsp3) is 0.277. The minimum absolute atomic E-state index is 0.00460. The van der Waals surface area contributed by atoms with Crippen molar-refractivity contribution in [2.24, 2.45) is 0 Å². The van der Waals surface area contributed by atoms with Crippen LogP contribution in [0.25, 0.3) is 64.6 Å². The second-order valence-electron chi connectivity index (χ2n) is 32.0. The van der Waals surface area contributed by atoms with Crippen molar-refractivity contribution >= 4 is 98.8 Å². The van der Waals surface area contributed by atoms with Crippen LogP contribution in [0.3, 0.4) is 0 Å². The molecule has 14 aromatic rings. The average molecular weight is 1270 g/mol. The van der Waals surface area contributed by atoms with Gasteiger partial charge in [-0.3, -0.25) is 0 Å². The highest BCUT2D eigenvalue weighted by Crippen LogP contribution is 2.56. The number of rotatable bonds is 5. The van der Waals surface area contributed by atoms with E-state index in [9.17, 15) is 5.11 Å². The minimum Gasteiger partial charge on any atom is -0.385 e. The lowest BCUT2D eigenvalue weighted by Gasteiger charge is -2.42. The second-order valence-corrected chi connectivity index (χ2v) is 32.0. The highest BCUT2D eigenvalue weighted by Gasteiger charge is 2.41. The van der Waals surface area contributed by atoms with Crippen molar-refractivity contribution in [3.8, 4) is 0 Å². The zero-order valence-corrected chi connectivity index (χ0v) is 58.6. The van der Waals surface area contributed by atoms with Crippen LogP contribution >= 0.6 is 0 Å². The Morgan fingerprint density at radius 1 is 0.299 bits per heavy atom. The first kappa shape index (κ1) is 62.5. The van der Waals surface area contributed by atoms with Gasteiger partial charge < -0.3 is 14.9 Å². The second kappa shape index (κ2) is 23.5. The number of hydrogen-bond acceptors (Lipinski definition) is 3. The van der Waals surface area contributed by atoms with E-state index in [0.717, 1.165) is 31.2 Å². The fourth-order valence-electron chi connectivity index (χ4n) is 18.0. The van der Waals surface area contributed by atoms with Gasteiger partial charge in [0.1, 0.15) is 0 Å². The molecule has 0 amide bonds. The van der Waals surface area contributed by atoms with E-state index in [4.69, 9.17) is 0 Å². The summed E-state index contributed by atoms with van der Waals surface area (Å²) in [6.07, 6.45) is 11.5. The molecule has 3 nitrogen and oxygen atoms in total. The maximum absolute atomic E-state index is 11.4. The quantitative estimate of drug-likeness (QED) is 0.174. The number of para-hydroxylation sites is 5. The van der Waals surface area contributed by atoms with Crippen molar-refractivity contribution in [3.05, 3.63) is 299 Å². The van der Waals surface area contributed by atoms with Gasteiger partial charge in [-0.25, -0.2) is 0 Å². The molecule has 484 valence electrons. The lowest BCUT2D eigenvalue weighted by atomic mass is 9.64. The van der Waals surface area contributed by atoms with Crippen molar-refractivity contribution in [2.75, 3.05) is 9.80 Å². The van der Waals surface area contributed by atoms with E-state index in [0.29, 0.717) is 0 Å². The van der Waals surface area contributed by atoms with Gasteiger partial charge in [0.2, 0.25) is 0 Å². The molecule has 2 fully saturated rings. The Hall–Kier alpha value is -9.28. The van der Waals surface area contributed by atoms with Crippen molar-refractivity contribution in [2.45, 2.75) is 166 Å².